The Hall–Kier alpha value is -0.380. The molecule has 3 nitrogen and oxygen atoms in total. The fourth-order valence-corrected chi connectivity index (χ4v) is 10.4. The van der Waals surface area contributed by atoms with Crippen molar-refractivity contribution in [1.29, 1.82) is 0 Å². The molecule has 11 atom stereocenters. The van der Waals surface area contributed by atoms with Crippen LogP contribution in [0.15, 0.2) is 11.6 Å². The average Bonchev–Trinajstić information content (AvgIpc) is 3.20. The van der Waals surface area contributed by atoms with E-state index < -0.39 is 0 Å². The summed E-state index contributed by atoms with van der Waals surface area (Å²) in [7, 11) is 0. The minimum atomic E-state index is -0.100. The minimum absolute atomic E-state index is 0.100. The highest BCUT2D eigenvalue weighted by molar-refractivity contribution is 5.26. The molecule has 30 heavy (non-hydrogen) atoms. The van der Waals surface area contributed by atoms with Gasteiger partial charge >= 0.3 is 0 Å². The molecule has 0 unspecified atom stereocenters. The number of hydrogen-bond acceptors (Lipinski definition) is 3. The Morgan fingerprint density at radius 2 is 1.90 bits per heavy atom. The van der Waals surface area contributed by atoms with Crippen LogP contribution >= 0.6 is 0 Å². The Morgan fingerprint density at radius 3 is 2.70 bits per heavy atom. The highest BCUT2D eigenvalue weighted by Crippen LogP contribution is 2.69. The zero-order chi connectivity index (χ0) is 20.8. The van der Waals surface area contributed by atoms with Crippen molar-refractivity contribution in [2.75, 3.05) is 13.2 Å². The summed E-state index contributed by atoms with van der Waals surface area (Å²) < 4.78 is 0. The van der Waals surface area contributed by atoms with Crippen molar-refractivity contribution in [3.05, 3.63) is 11.6 Å². The summed E-state index contributed by atoms with van der Waals surface area (Å²) in [5, 5.41) is 20.1. The van der Waals surface area contributed by atoms with Crippen molar-refractivity contribution in [3.63, 3.8) is 0 Å². The maximum Gasteiger partial charge on any atom is 0.0577 e. The number of piperidine rings is 1. The van der Waals surface area contributed by atoms with Gasteiger partial charge in [0.2, 0.25) is 0 Å². The van der Waals surface area contributed by atoms with Gasteiger partial charge < -0.3 is 10.2 Å². The Kier molecular flexibility index (Phi) is 4.60. The van der Waals surface area contributed by atoms with Crippen molar-refractivity contribution in [2.24, 2.45) is 46.3 Å². The fraction of sp³-hybridized carbons (Fsp3) is 0.926. The summed E-state index contributed by atoms with van der Waals surface area (Å²) in [4.78, 5) is 2.89. The van der Waals surface area contributed by atoms with E-state index in [-0.39, 0.29) is 6.10 Å². The van der Waals surface area contributed by atoms with Crippen molar-refractivity contribution >= 4 is 0 Å². The Labute approximate surface area is 183 Å². The van der Waals surface area contributed by atoms with E-state index in [1.54, 1.807) is 5.57 Å². The Balaban J connectivity index is 1.31. The third kappa shape index (κ3) is 2.55. The summed E-state index contributed by atoms with van der Waals surface area (Å²) in [5.74, 6) is 4.73. The number of rotatable bonds is 1. The predicted octanol–water partition coefficient (Wildman–Crippen LogP) is 4.63. The van der Waals surface area contributed by atoms with E-state index >= 15 is 0 Å². The molecule has 0 spiro atoms. The highest BCUT2D eigenvalue weighted by atomic mass is 16.3. The zero-order valence-corrected chi connectivity index (χ0v) is 19.4. The van der Waals surface area contributed by atoms with Gasteiger partial charge in [-0.1, -0.05) is 32.4 Å². The number of nitrogens with zero attached hydrogens (tertiary/aromatic N) is 1. The van der Waals surface area contributed by atoms with E-state index in [0.29, 0.717) is 23.4 Å². The van der Waals surface area contributed by atoms with Crippen LogP contribution in [0.25, 0.3) is 0 Å². The maximum absolute atomic E-state index is 10.3. The molecule has 168 valence electrons. The van der Waals surface area contributed by atoms with Crippen LogP contribution in [0.5, 0.6) is 0 Å². The van der Waals surface area contributed by atoms with Crippen LogP contribution in [0, 0.1) is 46.3 Å². The van der Waals surface area contributed by atoms with Crippen molar-refractivity contribution in [2.45, 2.75) is 96.7 Å². The number of aliphatic hydroxyl groups is 2. The second-order valence-corrected chi connectivity index (χ2v) is 12.8. The molecule has 3 heteroatoms. The molecule has 2 heterocycles. The van der Waals surface area contributed by atoms with E-state index in [1.165, 1.54) is 44.9 Å². The van der Waals surface area contributed by atoms with Crippen LogP contribution in [0.4, 0.5) is 0 Å². The van der Waals surface area contributed by atoms with Gasteiger partial charge in [-0.25, -0.2) is 0 Å². The molecule has 4 aliphatic carbocycles. The van der Waals surface area contributed by atoms with Crippen LogP contribution in [-0.4, -0.2) is 46.5 Å². The number of hydrogen-bond donors (Lipinski definition) is 2. The molecule has 2 saturated heterocycles. The Bertz CT molecular complexity index is 734. The lowest BCUT2D eigenvalue weighted by Crippen LogP contribution is -2.51. The molecule has 2 aliphatic heterocycles. The van der Waals surface area contributed by atoms with Crippen molar-refractivity contribution in [3.8, 4) is 0 Å². The van der Waals surface area contributed by atoms with Gasteiger partial charge in [0.15, 0.2) is 0 Å². The van der Waals surface area contributed by atoms with Crippen molar-refractivity contribution < 1.29 is 10.2 Å². The normalized spacial score (nSPS) is 57.6. The molecule has 6 rings (SSSR count). The summed E-state index contributed by atoms with van der Waals surface area (Å²) in [6, 6.07) is 1.54. The second-order valence-electron chi connectivity index (χ2n) is 12.8. The van der Waals surface area contributed by atoms with Gasteiger partial charge in [-0.05, 0) is 104 Å². The standard InChI is InChI=1S/C27H43NO2/c1-16-23-7-4-17(15-29)14-28(23)24-13-22-20-6-5-18-12-19(30)8-10-26(18,2)21(20)9-11-27(22,3)25(16)24/h5,16-17,19-25,29-30H,4,6-15H2,1-3H3/t16-,17+,19+,20+,21-,22-,23-,24+,25+,26+,27+/m1/s1. The SMILES string of the molecule is C[C@H]1[C@H]2[C@H](C[C@@H]3[C@H]4CC=C5C[C@@H](O)CC[C@]5(C)[C@@H]4CC[C@]23C)N2C[C@@H](CO)CC[C@H]12. The monoisotopic (exact) mass is 413 g/mol. The Morgan fingerprint density at radius 1 is 1.07 bits per heavy atom. The number of allylic oxidation sites excluding steroid dienone is 1. The first-order valence-corrected chi connectivity index (χ1v) is 13.1. The molecule has 6 aliphatic rings. The highest BCUT2D eigenvalue weighted by Gasteiger charge is 2.66. The van der Waals surface area contributed by atoms with Crippen LogP contribution in [0.2, 0.25) is 0 Å². The summed E-state index contributed by atoms with van der Waals surface area (Å²) in [6.07, 6.45) is 13.6. The molecular weight excluding hydrogens is 370 g/mol. The van der Waals surface area contributed by atoms with Crippen LogP contribution < -0.4 is 0 Å². The van der Waals surface area contributed by atoms with Gasteiger partial charge in [0.05, 0.1) is 6.10 Å². The first-order chi connectivity index (χ1) is 14.4. The summed E-state index contributed by atoms with van der Waals surface area (Å²) >= 11 is 0. The van der Waals surface area contributed by atoms with E-state index in [9.17, 15) is 10.2 Å². The quantitative estimate of drug-likeness (QED) is 0.616. The first kappa shape index (κ1) is 20.2. The zero-order valence-electron chi connectivity index (χ0n) is 19.4. The van der Waals surface area contributed by atoms with E-state index in [1.807, 2.05) is 0 Å². The van der Waals surface area contributed by atoms with E-state index in [4.69, 9.17) is 0 Å². The molecule has 2 N–H and O–H groups in total. The lowest BCUT2D eigenvalue weighted by Gasteiger charge is -2.58. The third-order valence-electron chi connectivity index (χ3n) is 11.8. The van der Waals surface area contributed by atoms with Crippen LogP contribution in [0.3, 0.4) is 0 Å². The first-order valence-electron chi connectivity index (χ1n) is 13.1. The molecular formula is C27H43NO2. The lowest BCUT2D eigenvalue weighted by molar-refractivity contribution is -0.0576. The maximum atomic E-state index is 10.3. The van der Waals surface area contributed by atoms with Gasteiger partial charge in [0.25, 0.3) is 0 Å². The molecule has 0 aromatic carbocycles. The number of aliphatic hydroxyl groups excluding tert-OH is 2. The fourth-order valence-electron chi connectivity index (χ4n) is 10.4. The average molecular weight is 414 g/mol. The van der Waals surface area contributed by atoms with E-state index in [0.717, 1.165) is 61.1 Å². The molecule has 3 saturated carbocycles. The largest absolute Gasteiger partial charge is 0.396 e. The summed E-state index contributed by atoms with van der Waals surface area (Å²) in [6.45, 7) is 9.32. The van der Waals surface area contributed by atoms with Gasteiger partial charge in [-0.3, -0.25) is 4.90 Å². The van der Waals surface area contributed by atoms with Gasteiger partial charge in [-0.15, -0.1) is 0 Å². The van der Waals surface area contributed by atoms with E-state index in [2.05, 4.69) is 31.7 Å². The topological polar surface area (TPSA) is 43.7 Å². The van der Waals surface area contributed by atoms with Crippen LogP contribution in [-0.2, 0) is 0 Å². The third-order valence-corrected chi connectivity index (χ3v) is 11.8. The molecule has 0 amide bonds. The second kappa shape index (κ2) is 6.81. The van der Waals surface area contributed by atoms with Gasteiger partial charge in [0, 0.05) is 25.2 Å². The number of fused-ring (bicyclic) bond motifs is 9. The van der Waals surface area contributed by atoms with Crippen LogP contribution in [0.1, 0.15) is 78.6 Å². The van der Waals surface area contributed by atoms with Gasteiger partial charge in [-0.2, -0.15) is 0 Å². The smallest absolute Gasteiger partial charge is 0.0577 e. The summed E-state index contributed by atoms with van der Waals surface area (Å²) in [5.41, 5.74) is 2.45. The van der Waals surface area contributed by atoms with Gasteiger partial charge in [0.1, 0.15) is 0 Å². The molecule has 0 aromatic heterocycles. The predicted molar refractivity (Wildman–Crippen MR) is 120 cm³/mol. The van der Waals surface area contributed by atoms with Crippen molar-refractivity contribution in [1.82, 2.24) is 4.90 Å². The lowest BCUT2D eigenvalue weighted by atomic mass is 9.47. The minimum Gasteiger partial charge on any atom is -0.396 e. The molecule has 0 bridgehead atoms. The molecule has 0 radical (unpaired) electrons. The molecule has 0 aromatic rings. The molecule has 5 fully saturated rings.